The van der Waals surface area contributed by atoms with Gasteiger partial charge in [0.05, 0.1) is 16.7 Å². The monoisotopic (exact) mass is 730 g/mol. The van der Waals surface area contributed by atoms with Gasteiger partial charge < -0.3 is 0 Å². The summed E-state index contributed by atoms with van der Waals surface area (Å²) in [7, 11) is 0. The zero-order valence-corrected chi connectivity index (χ0v) is 31.2. The van der Waals surface area contributed by atoms with E-state index in [1.807, 2.05) is 11.8 Å². The molecule has 0 N–H and O–H groups in total. The average molecular weight is 731 g/mol. The molecule has 0 fully saturated rings. The first-order chi connectivity index (χ1) is 27.8. The van der Waals surface area contributed by atoms with E-state index in [1.165, 1.54) is 64.7 Å². The van der Waals surface area contributed by atoms with Crippen molar-refractivity contribution in [2.45, 2.75) is 9.79 Å². The van der Waals surface area contributed by atoms with Crippen molar-refractivity contribution in [3.05, 3.63) is 217 Å². The molecule has 1 aliphatic heterocycles. The first-order valence-corrected chi connectivity index (χ1v) is 19.9. The van der Waals surface area contributed by atoms with Crippen LogP contribution in [0.1, 0.15) is 16.7 Å². The van der Waals surface area contributed by atoms with Crippen molar-refractivity contribution in [2.75, 3.05) is 0 Å². The molecule has 0 saturated heterocycles. The smallest absolute Gasteiger partial charge is 0.138 e. The van der Waals surface area contributed by atoms with Gasteiger partial charge in [-0.2, -0.15) is 0 Å². The van der Waals surface area contributed by atoms with E-state index >= 15 is 0 Å². The van der Waals surface area contributed by atoms with Gasteiger partial charge in [-0.3, -0.25) is 4.57 Å². The van der Waals surface area contributed by atoms with Gasteiger partial charge in [-0.05, 0) is 92.2 Å². The predicted molar refractivity (Wildman–Crippen MR) is 236 cm³/mol. The van der Waals surface area contributed by atoms with E-state index in [9.17, 15) is 0 Å². The lowest BCUT2D eigenvalue weighted by Crippen LogP contribution is -2.01. The maximum absolute atomic E-state index is 5.49. The molecule has 1 aliphatic rings. The zero-order chi connectivity index (χ0) is 37.0. The molecule has 0 saturated carbocycles. The van der Waals surface area contributed by atoms with Crippen LogP contribution in [0.4, 0.5) is 0 Å². The maximum atomic E-state index is 5.49. The number of pyridine rings is 1. The zero-order valence-electron chi connectivity index (χ0n) is 30.4. The lowest BCUT2D eigenvalue weighted by atomic mass is 9.94. The molecule has 0 spiro atoms. The quantitative estimate of drug-likeness (QED) is 0.175. The summed E-state index contributed by atoms with van der Waals surface area (Å²) in [4.78, 5) is 8.00. The number of para-hydroxylation sites is 1. The van der Waals surface area contributed by atoms with Crippen molar-refractivity contribution in [3.63, 3.8) is 0 Å². The van der Waals surface area contributed by atoms with Crippen LogP contribution < -0.4 is 0 Å². The topological polar surface area (TPSA) is 17.8 Å². The van der Waals surface area contributed by atoms with Crippen LogP contribution >= 0.6 is 11.8 Å². The van der Waals surface area contributed by atoms with Crippen LogP contribution in [0.2, 0.25) is 0 Å². The summed E-state index contributed by atoms with van der Waals surface area (Å²) >= 11 is 1.85. The highest BCUT2D eigenvalue weighted by atomic mass is 32.2. The highest BCUT2D eigenvalue weighted by Gasteiger charge is 2.22. The fourth-order valence-electron chi connectivity index (χ4n) is 8.40. The molecule has 11 rings (SSSR count). The van der Waals surface area contributed by atoms with Crippen LogP contribution in [-0.4, -0.2) is 9.55 Å². The Kier molecular flexibility index (Phi) is 7.78. The van der Waals surface area contributed by atoms with Gasteiger partial charge in [0.15, 0.2) is 0 Å². The normalized spacial score (nSPS) is 12.3. The number of hydrogen-bond donors (Lipinski definition) is 0. The molecule has 10 aromatic rings. The molecular weight excluding hydrogens is 697 g/mol. The van der Waals surface area contributed by atoms with Crippen molar-refractivity contribution in [1.29, 1.82) is 0 Å². The Labute approximate surface area is 330 Å². The Morgan fingerprint density at radius 1 is 0.429 bits per heavy atom. The number of hydrogen-bond acceptors (Lipinski definition) is 2. The highest BCUT2D eigenvalue weighted by Crippen LogP contribution is 2.46. The molecule has 3 heteroatoms. The summed E-state index contributed by atoms with van der Waals surface area (Å²) in [5.41, 5.74) is 13.8. The van der Waals surface area contributed by atoms with Gasteiger partial charge in [-0.15, -0.1) is 0 Å². The molecule has 0 radical (unpaired) electrons. The number of nitrogens with zero attached hydrogens (tertiary/aromatic N) is 2. The lowest BCUT2D eigenvalue weighted by Gasteiger charge is -2.15. The van der Waals surface area contributed by atoms with Crippen molar-refractivity contribution >= 4 is 56.0 Å². The molecule has 3 heterocycles. The molecule has 56 heavy (non-hydrogen) atoms. The van der Waals surface area contributed by atoms with Gasteiger partial charge >= 0.3 is 0 Å². The van der Waals surface area contributed by atoms with Gasteiger partial charge in [0.25, 0.3) is 0 Å². The molecule has 8 aromatic carbocycles. The minimum absolute atomic E-state index is 0.889. The maximum Gasteiger partial charge on any atom is 0.138 e. The average Bonchev–Trinajstić information content (AvgIpc) is 3.53. The number of benzene rings is 8. The van der Waals surface area contributed by atoms with Crippen LogP contribution in [0, 0.1) is 0 Å². The lowest BCUT2D eigenvalue weighted by molar-refractivity contribution is 1.09. The Morgan fingerprint density at radius 3 is 1.93 bits per heavy atom. The van der Waals surface area contributed by atoms with E-state index in [0.717, 1.165) is 39.2 Å². The summed E-state index contributed by atoms with van der Waals surface area (Å²) in [5, 5.41) is 4.90. The third-order valence-electron chi connectivity index (χ3n) is 11.0. The number of rotatable bonds is 5. The molecule has 262 valence electrons. The second kappa shape index (κ2) is 13.4. The predicted octanol–water partition coefficient (Wildman–Crippen LogP) is 14.4. The van der Waals surface area contributed by atoms with Crippen molar-refractivity contribution in [3.8, 4) is 39.3 Å². The third kappa shape index (κ3) is 5.47. The Morgan fingerprint density at radius 2 is 1.11 bits per heavy atom. The largest absolute Gasteiger partial charge is 0.293 e. The van der Waals surface area contributed by atoms with Crippen molar-refractivity contribution in [1.82, 2.24) is 9.55 Å². The Bertz CT molecular complexity index is 3090. The fourth-order valence-corrected chi connectivity index (χ4v) is 9.44. The summed E-state index contributed by atoms with van der Waals surface area (Å²) < 4.78 is 2.41. The van der Waals surface area contributed by atoms with Crippen molar-refractivity contribution in [2.24, 2.45) is 0 Å². The van der Waals surface area contributed by atoms with Crippen LogP contribution in [0.3, 0.4) is 0 Å². The fraction of sp³-hybridized carbons (Fsp3) is 0. The first-order valence-electron chi connectivity index (χ1n) is 19.0. The molecule has 0 atom stereocenters. The summed E-state index contributed by atoms with van der Waals surface area (Å²) in [6.07, 6.45) is 2.38. The Balaban J connectivity index is 1.20. The second-order valence-electron chi connectivity index (χ2n) is 14.3. The van der Waals surface area contributed by atoms with Crippen LogP contribution in [0.25, 0.3) is 83.6 Å². The van der Waals surface area contributed by atoms with E-state index in [0.29, 0.717) is 0 Å². The molecule has 0 unspecified atom stereocenters. The van der Waals surface area contributed by atoms with Gasteiger partial charge in [-0.1, -0.05) is 176 Å². The minimum Gasteiger partial charge on any atom is -0.293 e. The summed E-state index contributed by atoms with van der Waals surface area (Å²) in [6.45, 7) is 0. The van der Waals surface area contributed by atoms with Gasteiger partial charge in [0.1, 0.15) is 5.82 Å². The number of fused-ring (bicyclic) bond motifs is 7. The first kappa shape index (κ1) is 32.5. The van der Waals surface area contributed by atoms with Crippen molar-refractivity contribution < 1.29 is 0 Å². The van der Waals surface area contributed by atoms with E-state index in [4.69, 9.17) is 4.98 Å². The van der Waals surface area contributed by atoms with Crippen LogP contribution in [0.15, 0.2) is 210 Å². The Hall–Kier alpha value is -6.94. The second-order valence-corrected chi connectivity index (χ2v) is 15.4. The summed E-state index contributed by atoms with van der Waals surface area (Å²) in [5.74, 6) is 0.889. The van der Waals surface area contributed by atoms with E-state index in [-0.39, 0.29) is 0 Å². The SMILES string of the molecule is C1=C(c2ccccc2)c2ccccc2Sc2ccc(-c3cccc4c5c6ccccc6ccc5n(-c5cc(-c6ccccc6)cc(-c6ccccc6)n5)c34)cc21. The van der Waals surface area contributed by atoms with E-state index < -0.39 is 0 Å². The van der Waals surface area contributed by atoms with Gasteiger partial charge in [-0.25, -0.2) is 4.98 Å². The van der Waals surface area contributed by atoms with E-state index in [1.54, 1.807) is 0 Å². The number of aromatic nitrogens is 2. The minimum atomic E-state index is 0.889. The van der Waals surface area contributed by atoms with Crippen LogP contribution in [0.5, 0.6) is 0 Å². The summed E-state index contributed by atoms with van der Waals surface area (Å²) in [6, 6.07) is 72.2. The molecule has 0 bridgehead atoms. The molecule has 2 aromatic heterocycles. The third-order valence-corrected chi connectivity index (χ3v) is 12.2. The molecule has 2 nitrogen and oxygen atoms in total. The van der Waals surface area contributed by atoms with Crippen LogP contribution in [-0.2, 0) is 0 Å². The molecular formula is C53H34N2S. The molecule has 0 aliphatic carbocycles. The van der Waals surface area contributed by atoms with E-state index in [2.05, 4.69) is 211 Å². The van der Waals surface area contributed by atoms with Gasteiger partial charge in [0.2, 0.25) is 0 Å². The molecule has 0 amide bonds. The highest BCUT2D eigenvalue weighted by molar-refractivity contribution is 7.99. The van der Waals surface area contributed by atoms with Gasteiger partial charge in [0, 0.05) is 31.7 Å². The standard InChI is InChI=1S/C53H34N2S/c1-4-15-35(16-5-1)40-33-47(38-20-8-3-9-21-38)54-51(34-40)55-48-29-27-37-19-10-11-22-42(37)52(48)45-25-14-24-43(53(45)55)39-28-30-49-41(31-39)32-46(36-17-6-2-7-18-36)44-23-12-13-26-50(44)56-49/h1-34H.